The topological polar surface area (TPSA) is 46.3 Å². The smallest absolute Gasteiger partial charge is 0.258 e. The monoisotopic (exact) mass is 238 g/mol. The number of amides is 1. The van der Waals surface area contributed by atoms with Gasteiger partial charge in [0, 0.05) is 16.9 Å². The average Bonchev–Trinajstić information content (AvgIpc) is 2.71. The average molecular weight is 238 g/mol. The Bertz CT molecular complexity index is 634. The molecule has 1 aliphatic rings. The summed E-state index contributed by atoms with van der Waals surface area (Å²) in [5.41, 5.74) is 10.3. The molecule has 2 aromatic rings. The van der Waals surface area contributed by atoms with Gasteiger partial charge in [0.25, 0.3) is 5.91 Å². The summed E-state index contributed by atoms with van der Waals surface area (Å²) >= 11 is 0. The lowest BCUT2D eigenvalue weighted by molar-refractivity contribution is 0.0996. The zero-order valence-corrected chi connectivity index (χ0v) is 10.2. The van der Waals surface area contributed by atoms with E-state index in [1.807, 2.05) is 49.4 Å². The van der Waals surface area contributed by atoms with E-state index in [9.17, 15) is 4.79 Å². The Labute approximate surface area is 106 Å². The van der Waals surface area contributed by atoms with E-state index in [0.717, 1.165) is 28.1 Å². The number of carbonyl (C=O) groups excluding carboxylic acids is 1. The summed E-state index contributed by atoms with van der Waals surface area (Å²) in [7, 11) is 0. The quantitative estimate of drug-likeness (QED) is 0.776. The molecule has 0 unspecified atom stereocenters. The lowest BCUT2D eigenvalue weighted by Crippen LogP contribution is -2.23. The van der Waals surface area contributed by atoms with Crippen molar-refractivity contribution in [1.29, 1.82) is 0 Å². The molecule has 0 bridgehead atoms. The van der Waals surface area contributed by atoms with Crippen LogP contribution in [0.3, 0.4) is 0 Å². The first-order valence-corrected chi connectivity index (χ1v) is 5.93. The van der Waals surface area contributed by atoms with Crippen LogP contribution in [0.25, 0.3) is 0 Å². The number of aryl methyl sites for hydroxylation is 1. The first-order chi connectivity index (χ1) is 8.66. The number of anilines is 2. The molecule has 1 aliphatic heterocycles. The Kier molecular flexibility index (Phi) is 2.33. The zero-order chi connectivity index (χ0) is 12.7. The molecule has 3 heteroatoms. The third-order valence-corrected chi connectivity index (χ3v) is 3.39. The Morgan fingerprint density at radius 1 is 1.17 bits per heavy atom. The summed E-state index contributed by atoms with van der Waals surface area (Å²) < 4.78 is 0. The number of rotatable bonds is 1. The van der Waals surface area contributed by atoms with Gasteiger partial charge in [-0.2, -0.15) is 0 Å². The van der Waals surface area contributed by atoms with E-state index in [2.05, 4.69) is 0 Å². The van der Waals surface area contributed by atoms with Crippen molar-refractivity contribution in [1.82, 2.24) is 0 Å². The van der Waals surface area contributed by atoms with Gasteiger partial charge in [0.2, 0.25) is 0 Å². The maximum absolute atomic E-state index is 12.3. The molecule has 0 radical (unpaired) electrons. The molecular weight excluding hydrogens is 224 g/mol. The lowest BCUT2D eigenvalue weighted by atomic mass is 10.1. The second-order valence-electron chi connectivity index (χ2n) is 4.59. The van der Waals surface area contributed by atoms with Crippen LogP contribution in [0.2, 0.25) is 0 Å². The zero-order valence-electron chi connectivity index (χ0n) is 10.2. The van der Waals surface area contributed by atoms with Crippen LogP contribution in [0.5, 0.6) is 0 Å². The summed E-state index contributed by atoms with van der Waals surface area (Å²) in [6.45, 7) is 2.59. The number of nitrogens with two attached hydrogens (primary N) is 1. The van der Waals surface area contributed by atoms with Crippen LogP contribution in [0, 0.1) is 6.92 Å². The molecule has 0 aromatic heterocycles. The first-order valence-electron chi connectivity index (χ1n) is 5.93. The van der Waals surface area contributed by atoms with Crippen molar-refractivity contribution in [2.24, 2.45) is 0 Å². The van der Waals surface area contributed by atoms with Crippen molar-refractivity contribution < 1.29 is 4.79 Å². The summed E-state index contributed by atoms with van der Waals surface area (Å²) in [6.07, 6.45) is 0. The summed E-state index contributed by atoms with van der Waals surface area (Å²) in [6, 6.07) is 13.4. The van der Waals surface area contributed by atoms with Crippen molar-refractivity contribution in [3.05, 3.63) is 59.2 Å². The van der Waals surface area contributed by atoms with Crippen molar-refractivity contribution in [3.8, 4) is 0 Å². The molecule has 90 valence electrons. The number of carbonyl (C=O) groups is 1. The third kappa shape index (κ3) is 1.56. The van der Waals surface area contributed by atoms with E-state index in [1.165, 1.54) is 0 Å². The number of nitrogens with zero attached hydrogens (tertiary/aromatic N) is 1. The number of hydrogen-bond acceptors (Lipinski definition) is 2. The van der Waals surface area contributed by atoms with Gasteiger partial charge in [-0.15, -0.1) is 0 Å². The van der Waals surface area contributed by atoms with Crippen LogP contribution in [0.4, 0.5) is 11.4 Å². The van der Waals surface area contributed by atoms with Crippen molar-refractivity contribution >= 4 is 17.3 Å². The third-order valence-electron chi connectivity index (χ3n) is 3.39. The van der Waals surface area contributed by atoms with Crippen LogP contribution in [-0.2, 0) is 6.54 Å². The van der Waals surface area contributed by atoms with Crippen molar-refractivity contribution in [2.75, 3.05) is 10.6 Å². The summed E-state index contributed by atoms with van der Waals surface area (Å²) in [5.74, 6) is 0.0646. The summed E-state index contributed by atoms with van der Waals surface area (Å²) in [5, 5.41) is 0. The van der Waals surface area contributed by atoms with Crippen LogP contribution < -0.4 is 10.6 Å². The molecule has 0 fully saturated rings. The Hall–Kier alpha value is -2.29. The van der Waals surface area contributed by atoms with E-state index >= 15 is 0 Å². The van der Waals surface area contributed by atoms with E-state index < -0.39 is 0 Å². The molecule has 0 atom stereocenters. The molecule has 2 aromatic carbocycles. The number of hydrogen-bond donors (Lipinski definition) is 1. The summed E-state index contributed by atoms with van der Waals surface area (Å²) in [4.78, 5) is 14.1. The standard InChI is InChI=1S/C15H14N2O/c1-10-8-12(6-7-14(10)16)17-9-11-4-2-3-5-13(11)15(17)18/h2-8H,9,16H2,1H3. The normalized spacial score (nSPS) is 13.8. The molecule has 1 heterocycles. The van der Waals surface area contributed by atoms with Crippen LogP contribution in [0.1, 0.15) is 21.5 Å². The van der Waals surface area contributed by atoms with Gasteiger partial charge in [-0.1, -0.05) is 18.2 Å². The van der Waals surface area contributed by atoms with Gasteiger partial charge >= 0.3 is 0 Å². The minimum absolute atomic E-state index is 0.0646. The maximum Gasteiger partial charge on any atom is 0.258 e. The Morgan fingerprint density at radius 2 is 1.94 bits per heavy atom. The molecule has 2 N–H and O–H groups in total. The van der Waals surface area contributed by atoms with Gasteiger partial charge in [-0.3, -0.25) is 4.79 Å². The van der Waals surface area contributed by atoms with E-state index in [0.29, 0.717) is 6.54 Å². The predicted molar refractivity (Wildman–Crippen MR) is 72.5 cm³/mol. The minimum Gasteiger partial charge on any atom is -0.399 e. The minimum atomic E-state index is 0.0646. The Balaban J connectivity index is 2.01. The van der Waals surface area contributed by atoms with Gasteiger partial charge in [0.15, 0.2) is 0 Å². The van der Waals surface area contributed by atoms with Crippen LogP contribution in [-0.4, -0.2) is 5.91 Å². The lowest BCUT2D eigenvalue weighted by Gasteiger charge is -2.16. The molecule has 18 heavy (non-hydrogen) atoms. The molecule has 0 saturated heterocycles. The molecule has 1 amide bonds. The first kappa shape index (κ1) is 10.8. The second-order valence-corrected chi connectivity index (χ2v) is 4.59. The molecular formula is C15H14N2O. The second kappa shape index (κ2) is 3.88. The number of fused-ring (bicyclic) bond motifs is 1. The van der Waals surface area contributed by atoms with Gasteiger partial charge in [-0.05, 0) is 42.3 Å². The van der Waals surface area contributed by atoms with E-state index in [4.69, 9.17) is 5.73 Å². The van der Waals surface area contributed by atoms with Crippen LogP contribution >= 0.6 is 0 Å². The predicted octanol–water partition coefficient (Wildman–Crippen LogP) is 2.74. The number of nitrogen functional groups attached to an aromatic ring is 1. The van der Waals surface area contributed by atoms with Crippen LogP contribution in [0.15, 0.2) is 42.5 Å². The van der Waals surface area contributed by atoms with Crippen molar-refractivity contribution in [2.45, 2.75) is 13.5 Å². The highest BCUT2D eigenvalue weighted by molar-refractivity contribution is 6.10. The van der Waals surface area contributed by atoms with E-state index in [-0.39, 0.29) is 5.91 Å². The Morgan fingerprint density at radius 3 is 2.67 bits per heavy atom. The number of benzene rings is 2. The molecule has 3 rings (SSSR count). The molecule has 0 aliphatic carbocycles. The fourth-order valence-electron chi connectivity index (χ4n) is 2.29. The highest BCUT2D eigenvalue weighted by Crippen LogP contribution is 2.29. The fraction of sp³-hybridized carbons (Fsp3) is 0.133. The molecule has 3 nitrogen and oxygen atoms in total. The largest absolute Gasteiger partial charge is 0.399 e. The van der Waals surface area contributed by atoms with Gasteiger partial charge in [-0.25, -0.2) is 0 Å². The highest BCUT2D eigenvalue weighted by Gasteiger charge is 2.27. The van der Waals surface area contributed by atoms with Gasteiger partial charge in [0.05, 0.1) is 6.54 Å². The fourth-order valence-corrected chi connectivity index (χ4v) is 2.29. The molecule has 0 spiro atoms. The molecule has 0 saturated carbocycles. The SMILES string of the molecule is Cc1cc(N2Cc3ccccc3C2=O)ccc1N. The van der Waals surface area contributed by atoms with Gasteiger partial charge < -0.3 is 10.6 Å². The maximum atomic E-state index is 12.3. The van der Waals surface area contributed by atoms with Crippen molar-refractivity contribution in [3.63, 3.8) is 0 Å². The highest BCUT2D eigenvalue weighted by atomic mass is 16.2. The van der Waals surface area contributed by atoms with E-state index in [1.54, 1.807) is 4.90 Å². The van der Waals surface area contributed by atoms with Gasteiger partial charge in [0.1, 0.15) is 0 Å².